The number of likely N-dealkylation sites (N-methyl/N-ethyl adjacent to an activating group) is 1. The molecule has 1 amide bonds. The molecule has 0 aliphatic heterocycles. The van der Waals surface area contributed by atoms with E-state index in [0.717, 1.165) is 38.5 Å². The monoisotopic (exact) mass is 282 g/mol. The van der Waals surface area contributed by atoms with Crippen LogP contribution in [0, 0.1) is 5.41 Å². The molecule has 0 aromatic carbocycles. The SMILES string of the molecule is CN(CC1(O)CCCC1)C(=O)CC1(CN)CCCCC1. The van der Waals surface area contributed by atoms with Crippen LogP contribution in [0.1, 0.15) is 64.2 Å². The van der Waals surface area contributed by atoms with Crippen LogP contribution in [-0.4, -0.2) is 41.7 Å². The number of carbonyl (C=O) groups is 1. The van der Waals surface area contributed by atoms with Gasteiger partial charge in [0, 0.05) is 20.0 Å². The third kappa shape index (κ3) is 3.73. The molecule has 0 radical (unpaired) electrons. The van der Waals surface area contributed by atoms with E-state index in [1.54, 1.807) is 4.90 Å². The molecule has 0 spiro atoms. The number of rotatable bonds is 5. The van der Waals surface area contributed by atoms with Crippen LogP contribution >= 0.6 is 0 Å². The molecule has 2 fully saturated rings. The first-order valence-corrected chi connectivity index (χ1v) is 8.15. The van der Waals surface area contributed by atoms with Crippen molar-refractivity contribution in [1.29, 1.82) is 0 Å². The molecule has 0 aromatic heterocycles. The Morgan fingerprint density at radius 1 is 1.10 bits per heavy atom. The van der Waals surface area contributed by atoms with Crippen molar-refractivity contribution in [3.05, 3.63) is 0 Å². The highest BCUT2D eigenvalue weighted by Gasteiger charge is 2.37. The lowest BCUT2D eigenvalue weighted by atomic mass is 9.71. The van der Waals surface area contributed by atoms with E-state index in [9.17, 15) is 9.90 Å². The predicted molar refractivity (Wildman–Crippen MR) is 80.2 cm³/mol. The van der Waals surface area contributed by atoms with Gasteiger partial charge in [-0.3, -0.25) is 4.79 Å². The van der Waals surface area contributed by atoms with Crippen LogP contribution < -0.4 is 5.73 Å². The fourth-order valence-electron chi connectivity index (χ4n) is 3.93. The summed E-state index contributed by atoms with van der Waals surface area (Å²) in [6.07, 6.45) is 10.2. The number of hydrogen-bond acceptors (Lipinski definition) is 3. The van der Waals surface area contributed by atoms with E-state index in [2.05, 4.69) is 0 Å². The Morgan fingerprint density at radius 2 is 1.65 bits per heavy atom. The molecule has 20 heavy (non-hydrogen) atoms. The molecule has 2 aliphatic rings. The highest BCUT2D eigenvalue weighted by molar-refractivity contribution is 5.76. The predicted octanol–water partition coefficient (Wildman–Crippen LogP) is 2.05. The van der Waals surface area contributed by atoms with E-state index >= 15 is 0 Å². The first kappa shape index (κ1) is 15.8. The minimum Gasteiger partial charge on any atom is -0.388 e. The summed E-state index contributed by atoms with van der Waals surface area (Å²) in [7, 11) is 1.83. The molecular weight excluding hydrogens is 252 g/mol. The molecule has 0 heterocycles. The van der Waals surface area contributed by atoms with E-state index in [0.29, 0.717) is 19.5 Å². The van der Waals surface area contributed by atoms with Crippen LogP contribution in [-0.2, 0) is 4.79 Å². The van der Waals surface area contributed by atoms with Gasteiger partial charge in [-0.1, -0.05) is 32.1 Å². The van der Waals surface area contributed by atoms with Gasteiger partial charge in [-0.2, -0.15) is 0 Å². The lowest BCUT2D eigenvalue weighted by molar-refractivity contribution is -0.136. The van der Waals surface area contributed by atoms with E-state index in [1.807, 2.05) is 7.05 Å². The molecule has 4 heteroatoms. The van der Waals surface area contributed by atoms with Gasteiger partial charge in [-0.05, 0) is 37.6 Å². The molecule has 0 unspecified atom stereocenters. The van der Waals surface area contributed by atoms with Gasteiger partial charge >= 0.3 is 0 Å². The molecule has 116 valence electrons. The minimum atomic E-state index is -0.646. The first-order chi connectivity index (χ1) is 9.49. The van der Waals surface area contributed by atoms with Gasteiger partial charge in [-0.25, -0.2) is 0 Å². The van der Waals surface area contributed by atoms with Crippen LogP contribution in [0.4, 0.5) is 0 Å². The highest BCUT2D eigenvalue weighted by atomic mass is 16.3. The molecule has 0 bridgehead atoms. The summed E-state index contributed by atoms with van der Waals surface area (Å²) in [6.45, 7) is 1.09. The van der Waals surface area contributed by atoms with Crippen molar-refractivity contribution in [2.45, 2.75) is 69.8 Å². The highest BCUT2D eigenvalue weighted by Crippen LogP contribution is 2.39. The topological polar surface area (TPSA) is 66.6 Å². The van der Waals surface area contributed by atoms with Crippen molar-refractivity contribution >= 4 is 5.91 Å². The zero-order chi connectivity index (χ0) is 14.6. The van der Waals surface area contributed by atoms with Crippen molar-refractivity contribution in [2.75, 3.05) is 20.1 Å². The van der Waals surface area contributed by atoms with Crippen molar-refractivity contribution < 1.29 is 9.90 Å². The van der Waals surface area contributed by atoms with Gasteiger partial charge in [0.2, 0.25) is 5.91 Å². The Bertz CT molecular complexity index is 331. The Balaban J connectivity index is 1.89. The largest absolute Gasteiger partial charge is 0.388 e. The quantitative estimate of drug-likeness (QED) is 0.811. The smallest absolute Gasteiger partial charge is 0.223 e. The zero-order valence-corrected chi connectivity index (χ0v) is 12.9. The Labute approximate surface area is 122 Å². The average molecular weight is 282 g/mol. The second kappa shape index (κ2) is 6.44. The van der Waals surface area contributed by atoms with E-state index in [-0.39, 0.29) is 11.3 Å². The van der Waals surface area contributed by atoms with Gasteiger partial charge in [0.1, 0.15) is 0 Å². The van der Waals surface area contributed by atoms with E-state index in [1.165, 1.54) is 19.3 Å². The molecule has 2 aliphatic carbocycles. The van der Waals surface area contributed by atoms with E-state index < -0.39 is 5.60 Å². The number of aliphatic hydroxyl groups is 1. The maximum absolute atomic E-state index is 12.5. The lowest BCUT2D eigenvalue weighted by Crippen LogP contribution is -2.45. The van der Waals surface area contributed by atoms with Crippen molar-refractivity contribution in [2.24, 2.45) is 11.1 Å². The van der Waals surface area contributed by atoms with Crippen LogP contribution in [0.3, 0.4) is 0 Å². The minimum absolute atomic E-state index is 0.0158. The fraction of sp³-hybridized carbons (Fsp3) is 0.938. The van der Waals surface area contributed by atoms with Crippen molar-refractivity contribution in [1.82, 2.24) is 4.90 Å². The molecule has 0 saturated heterocycles. The second-order valence-corrected chi connectivity index (χ2v) is 7.12. The Kier molecular flexibility index (Phi) is 5.08. The maximum Gasteiger partial charge on any atom is 0.223 e. The summed E-state index contributed by atoms with van der Waals surface area (Å²) in [5.74, 6) is 0.151. The fourth-order valence-corrected chi connectivity index (χ4v) is 3.93. The number of hydrogen-bond donors (Lipinski definition) is 2. The first-order valence-electron chi connectivity index (χ1n) is 8.15. The van der Waals surface area contributed by atoms with Crippen molar-refractivity contribution in [3.8, 4) is 0 Å². The second-order valence-electron chi connectivity index (χ2n) is 7.12. The summed E-state index contributed by atoms with van der Waals surface area (Å²) in [5, 5.41) is 10.4. The molecule has 0 aromatic rings. The number of carbonyl (C=O) groups excluding carboxylic acids is 1. The summed E-state index contributed by atoms with van der Waals surface area (Å²) in [4.78, 5) is 14.2. The van der Waals surface area contributed by atoms with Gasteiger partial charge in [0.15, 0.2) is 0 Å². The van der Waals surface area contributed by atoms with Crippen LogP contribution in [0.15, 0.2) is 0 Å². The third-order valence-corrected chi connectivity index (χ3v) is 5.36. The molecule has 2 saturated carbocycles. The Morgan fingerprint density at radius 3 is 2.20 bits per heavy atom. The standard InChI is InChI=1S/C16H30N2O2/c1-18(13-16(20)9-5-6-10-16)14(19)11-15(12-17)7-3-2-4-8-15/h20H,2-13,17H2,1H3. The number of amides is 1. The zero-order valence-electron chi connectivity index (χ0n) is 12.9. The summed E-state index contributed by atoms with van der Waals surface area (Å²) < 4.78 is 0. The third-order valence-electron chi connectivity index (χ3n) is 5.36. The van der Waals surface area contributed by atoms with Gasteiger partial charge in [-0.15, -0.1) is 0 Å². The summed E-state index contributed by atoms with van der Waals surface area (Å²) in [6, 6.07) is 0. The van der Waals surface area contributed by atoms with Crippen LogP contribution in [0.2, 0.25) is 0 Å². The van der Waals surface area contributed by atoms with Gasteiger partial charge in [0.05, 0.1) is 5.60 Å². The number of nitrogens with zero attached hydrogens (tertiary/aromatic N) is 1. The maximum atomic E-state index is 12.5. The molecule has 4 nitrogen and oxygen atoms in total. The lowest BCUT2D eigenvalue weighted by Gasteiger charge is -2.37. The number of nitrogens with two attached hydrogens (primary N) is 1. The molecule has 3 N–H and O–H groups in total. The van der Waals surface area contributed by atoms with Crippen LogP contribution in [0.5, 0.6) is 0 Å². The van der Waals surface area contributed by atoms with Gasteiger partial charge < -0.3 is 15.7 Å². The molecule has 0 atom stereocenters. The van der Waals surface area contributed by atoms with Crippen LogP contribution in [0.25, 0.3) is 0 Å². The van der Waals surface area contributed by atoms with E-state index in [4.69, 9.17) is 5.73 Å². The Hall–Kier alpha value is -0.610. The van der Waals surface area contributed by atoms with Crippen molar-refractivity contribution in [3.63, 3.8) is 0 Å². The summed E-state index contributed by atoms with van der Waals surface area (Å²) in [5.41, 5.74) is 5.33. The summed E-state index contributed by atoms with van der Waals surface area (Å²) >= 11 is 0. The normalized spacial score (nSPS) is 24.6. The molecular formula is C16H30N2O2. The van der Waals surface area contributed by atoms with Gasteiger partial charge in [0.25, 0.3) is 0 Å². The average Bonchev–Trinajstić information content (AvgIpc) is 2.86. The molecule has 2 rings (SSSR count).